The summed E-state index contributed by atoms with van der Waals surface area (Å²) in [5.41, 5.74) is 3.12. The first-order chi connectivity index (χ1) is 10.5. The summed E-state index contributed by atoms with van der Waals surface area (Å²) in [7, 11) is 1.83. The summed E-state index contributed by atoms with van der Waals surface area (Å²) in [5.74, 6) is -0.429. The van der Waals surface area contributed by atoms with Gasteiger partial charge in [0.05, 0.1) is 6.61 Å². The largest absolute Gasteiger partial charge is 0.463 e. The molecule has 22 heavy (non-hydrogen) atoms. The normalized spacial score (nSPS) is 10.9. The van der Waals surface area contributed by atoms with E-state index in [0.717, 1.165) is 11.3 Å². The van der Waals surface area contributed by atoms with Crippen LogP contribution in [0.25, 0.3) is 6.08 Å². The van der Waals surface area contributed by atoms with E-state index in [9.17, 15) is 9.59 Å². The van der Waals surface area contributed by atoms with Crippen LogP contribution in [0.1, 0.15) is 34.1 Å². The number of nitrogens with zero attached hydrogens (tertiary/aromatic N) is 1. The zero-order chi connectivity index (χ0) is 16.1. The minimum Gasteiger partial charge on any atom is -0.463 e. The number of esters is 1. The summed E-state index contributed by atoms with van der Waals surface area (Å²) >= 11 is 0. The van der Waals surface area contributed by atoms with E-state index in [1.54, 1.807) is 29.8 Å². The SMILES string of the molecule is CCOC(=O)C=Cc1cc(C(=O)c2ccc(C)cc2)cn1C. The van der Waals surface area contributed by atoms with E-state index in [4.69, 9.17) is 4.74 Å². The van der Waals surface area contributed by atoms with Crippen LogP contribution in [-0.4, -0.2) is 22.9 Å². The molecule has 1 aromatic carbocycles. The number of aromatic nitrogens is 1. The van der Waals surface area contributed by atoms with Crippen molar-refractivity contribution >= 4 is 17.8 Å². The lowest BCUT2D eigenvalue weighted by Gasteiger charge is -1.98. The standard InChI is InChI=1S/C18H19NO3/c1-4-22-17(20)10-9-16-11-15(12-19(16)3)18(21)14-7-5-13(2)6-8-14/h5-12H,4H2,1-3H3. The second kappa shape index (κ2) is 6.89. The van der Waals surface area contributed by atoms with Gasteiger partial charge >= 0.3 is 5.97 Å². The Morgan fingerprint density at radius 3 is 2.50 bits per heavy atom. The molecule has 0 saturated heterocycles. The van der Waals surface area contributed by atoms with Crippen molar-refractivity contribution in [3.05, 3.63) is 65.0 Å². The number of aryl methyl sites for hydroxylation is 2. The molecule has 0 fully saturated rings. The van der Waals surface area contributed by atoms with E-state index in [-0.39, 0.29) is 5.78 Å². The van der Waals surface area contributed by atoms with Crippen LogP contribution in [0.2, 0.25) is 0 Å². The Kier molecular flexibility index (Phi) is 4.94. The highest BCUT2D eigenvalue weighted by atomic mass is 16.5. The molecule has 0 aliphatic rings. The highest BCUT2D eigenvalue weighted by Crippen LogP contribution is 2.15. The maximum atomic E-state index is 12.4. The van der Waals surface area contributed by atoms with Crippen LogP contribution in [0.4, 0.5) is 0 Å². The Morgan fingerprint density at radius 1 is 1.18 bits per heavy atom. The molecule has 0 amide bonds. The van der Waals surface area contributed by atoms with E-state index in [2.05, 4.69) is 0 Å². The van der Waals surface area contributed by atoms with Gasteiger partial charge in [0.25, 0.3) is 0 Å². The molecule has 0 aliphatic heterocycles. The van der Waals surface area contributed by atoms with Gasteiger partial charge in [0.2, 0.25) is 0 Å². The summed E-state index contributed by atoms with van der Waals surface area (Å²) in [4.78, 5) is 23.8. The molecule has 1 aromatic heterocycles. The Balaban J connectivity index is 2.20. The van der Waals surface area contributed by atoms with Gasteiger partial charge in [-0.15, -0.1) is 0 Å². The quantitative estimate of drug-likeness (QED) is 0.484. The first-order valence-electron chi connectivity index (χ1n) is 7.14. The predicted molar refractivity (Wildman–Crippen MR) is 85.7 cm³/mol. The Labute approximate surface area is 130 Å². The fourth-order valence-electron chi connectivity index (χ4n) is 2.09. The highest BCUT2D eigenvalue weighted by Gasteiger charge is 2.12. The van der Waals surface area contributed by atoms with Crippen molar-refractivity contribution < 1.29 is 14.3 Å². The van der Waals surface area contributed by atoms with Crippen LogP contribution in [0.5, 0.6) is 0 Å². The third-order valence-electron chi connectivity index (χ3n) is 3.30. The smallest absolute Gasteiger partial charge is 0.330 e. The van der Waals surface area contributed by atoms with E-state index >= 15 is 0 Å². The molecule has 0 spiro atoms. The minimum atomic E-state index is -0.393. The fourth-order valence-corrected chi connectivity index (χ4v) is 2.09. The number of carbonyl (C=O) groups is 2. The Morgan fingerprint density at radius 2 is 1.86 bits per heavy atom. The molecule has 4 nitrogen and oxygen atoms in total. The third kappa shape index (κ3) is 3.73. The number of carbonyl (C=O) groups excluding carboxylic acids is 2. The summed E-state index contributed by atoms with van der Waals surface area (Å²) in [5, 5.41) is 0. The second-order valence-electron chi connectivity index (χ2n) is 5.05. The van der Waals surface area contributed by atoms with Crippen LogP contribution >= 0.6 is 0 Å². The van der Waals surface area contributed by atoms with Crippen LogP contribution in [0.15, 0.2) is 42.6 Å². The molecule has 0 N–H and O–H groups in total. The number of hydrogen-bond acceptors (Lipinski definition) is 3. The van der Waals surface area contributed by atoms with Crippen LogP contribution in [0.3, 0.4) is 0 Å². The van der Waals surface area contributed by atoms with Gasteiger partial charge in [0.15, 0.2) is 5.78 Å². The molecular formula is C18H19NO3. The van der Waals surface area contributed by atoms with Gasteiger partial charge in [-0.2, -0.15) is 0 Å². The second-order valence-corrected chi connectivity index (χ2v) is 5.05. The van der Waals surface area contributed by atoms with Gasteiger partial charge in [-0.25, -0.2) is 4.79 Å². The summed E-state index contributed by atoms with van der Waals surface area (Å²) < 4.78 is 6.64. The van der Waals surface area contributed by atoms with Crippen LogP contribution < -0.4 is 0 Å². The number of ether oxygens (including phenoxy) is 1. The number of ketones is 1. The summed E-state index contributed by atoms with van der Waals surface area (Å²) in [6, 6.07) is 9.23. The molecule has 4 heteroatoms. The molecular weight excluding hydrogens is 278 g/mol. The predicted octanol–water partition coefficient (Wildman–Crippen LogP) is 3.14. The first-order valence-corrected chi connectivity index (χ1v) is 7.14. The topological polar surface area (TPSA) is 48.3 Å². The Hall–Kier alpha value is -2.62. The number of benzene rings is 1. The van der Waals surface area contributed by atoms with Crippen molar-refractivity contribution in [2.75, 3.05) is 6.61 Å². The van der Waals surface area contributed by atoms with Crippen LogP contribution in [0, 0.1) is 6.92 Å². The molecule has 2 rings (SSSR count). The van der Waals surface area contributed by atoms with Gasteiger partial charge in [-0.1, -0.05) is 29.8 Å². The monoisotopic (exact) mass is 297 g/mol. The van der Waals surface area contributed by atoms with Crippen molar-refractivity contribution in [3.8, 4) is 0 Å². The van der Waals surface area contributed by atoms with Crippen LogP contribution in [-0.2, 0) is 16.6 Å². The lowest BCUT2D eigenvalue weighted by molar-refractivity contribution is -0.137. The highest BCUT2D eigenvalue weighted by molar-refractivity contribution is 6.09. The van der Waals surface area contributed by atoms with Crippen molar-refractivity contribution in [2.45, 2.75) is 13.8 Å². The van der Waals surface area contributed by atoms with E-state index in [0.29, 0.717) is 17.7 Å². The first kappa shape index (κ1) is 15.8. The number of hydrogen-bond donors (Lipinski definition) is 0. The maximum absolute atomic E-state index is 12.4. The van der Waals surface area contributed by atoms with Crippen molar-refractivity contribution in [1.29, 1.82) is 0 Å². The third-order valence-corrected chi connectivity index (χ3v) is 3.30. The van der Waals surface area contributed by atoms with Gasteiger partial charge in [-0.05, 0) is 26.0 Å². The van der Waals surface area contributed by atoms with Crippen molar-refractivity contribution in [1.82, 2.24) is 4.57 Å². The molecule has 1 heterocycles. The zero-order valence-electron chi connectivity index (χ0n) is 13.0. The lowest BCUT2D eigenvalue weighted by atomic mass is 10.0. The molecule has 0 saturated carbocycles. The lowest BCUT2D eigenvalue weighted by Crippen LogP contribution is -1.99. The molecule has 2 aromatic rings. The summed E-state index contributed by atoms with van der Waals surface area (Å²) in [6.07, 6.45) is 4.76. The van der Waals surface area contributed by atoms with Gasteiger partial charge < -0.3 is 9.30 Å². The molecule has 0 aliphatic carbocycles. The van der Waals surface area contributed by atoms with Gasteiger partial charge in [0.1, 0.15) is 0 Å². The molecule has 0 unspecified atom stereocenters. The van der Waals surface area contributed by atoms with E-state index < -0.39 is 5.97 Å². The molecule has 0 radical (unpaired) electrons. The summed E-state index contributed by atoms with van der Waals surface area (Å²) in [6.45, 7) is 4.08. The van der Waals surface area contributed by atoms with Crippen molar-refractivity contribution in [3.63, 3.8) is 0 Å². The van der Waals surface area contributed by atoms with Gasteiger partial charge in [0, 0.05) is 36.1 Å². The van der Waals surface area contributed by atoms with E-state index in [1.165, 1.54) is 6.08 Å². The zero-order valence-corrected chi connectivity index (χ0v) is 13.0. The molecule has 0 atom stereocenters. The average Bonchev–Trinajstić information content (AvgIpc) is 2.87. The average molecular weight is 297 g/mol. The molecule has 114 valence electrons. The molecule has 0 bridgehead atoms. The Bertz CT molecular complexity index is 708. The van der Waals surface area contributed by atoms with E-state index in [1.807, 2.05) is 38.2 Å². The minimum absolute atomic E-state index is 0.0358. The van der Waals surface area contributed by atoms with Gasteiger partial charge in [-0.3, -0.25) is 4.79 Å². The van der Waals surface area contributed by atoms with Crippen molar-refractivity contribution in [2.24, 2.45) is 7.05 Å². The fraction of sp³-hybridized carbons (Fsp3) is 0.222. The maximum Gasteiger partial charge on any atom is 0.330 e. The number of rotatable bonds is 5.